The van der Waals surface area contributed by atoms with Crippen LogP contribution in [0.5, 0.6) is 0 Å². The number of hydrogen-bond donors (Lipinski definition) is 1. The molecule has 0 aliphatic heterocycles. The molecule has 1 aromatic rings. The molecule has 3 nitrogen and oxygen atoms in total. The predicted octanol–water partition coefficient (Wildman–Crippen LogP) is 2.80. The van der Waals surface area contributed by atoms with E-state index in [4.69, 9.17) is 4.74 Å². The summed E-state index contributed by atoms with van der Waals surface area (Å²) in [5.41, 5.74) is 1.68. The van der Waals surface area contributed by atoms with Crippen LogP contribution in [0, 0.1) is 5.82 Å². The van der Waals surface area contributed by atoms with Gasteiger partial charge in [0.15, 0.2) is 0 Å². The van der Waals surface area contributed by atoms with E-state index in [2.05, 4.69) is 24.1 Å². The first-order valence-electron chi connectivity index (χ1n) is 6.81. The molecular formula is C15H25FN2O. The first kappa shape index (κ1) is 15.9. The third kappa shape index (κ3) is 4.48. The van der Waals surface area contributed by atoms with Gasteiger partial charge in [-0.05, 0) is 25.5 Å². The minimum atomic E-state index is -0.155. The van der Waals surface area contributed by atoms with Crippen LogP contribution in [0.15, 0.2) is 18.2 Å². The number of rotatable bonds is 8. The van der Waals surface area contributed by atoms with E-state index in [0.29, 0.717) is 19.2 Å². The molecule has 0 fully saturated rings. The van der Waals surface area contributed by atoms with Gasteiger partial charge in [0.25, 0.3) is 0 Å². The number of nitrogens with zero attached hydrogens (tertiary/aromatic N) is 1. The van der Waals surface area contributed by atoms with Gasteiger partial charge in [-0.2, -0.15) is 0 Å². The fraction of sp³-hybridized carbons (Fsp3) is 0.600. The molecule has 0 aromatic heterocycles. The van der Waals surface area contributed by atoms with Crippen molar-refractivity contribution in [1.82, 2.24) is 5.32 Å². The smallest absolute Gasteiger partial charge is 0.129 e. The predicted molar refractivity (Wildman–Crippen MR) is 78.1 cm³/mol. The largest absolute Gasteiger partial charge is 0.383 e. The minimum Gasteiger partial charge on any atom is -0.383 e. The Kier molecular flexibility index (Phi) is 6.81. The molecule has 1 unspecified atom stereocenters. The topological polar surface area (TPSA) is 24.5 Å². The highest BCUT2D eigenvalue weighted by Crippen LogP contribution is 2.24. The van der Waals surface area contributed by atoms with Crippen molar-refractivity contribution in [3.63, 3.8) is 0 Å². The summed E-state index contributed by atoms with van der Waals surface area (Å²) in [5, 5.41) is 3.20. The molecule has 0 spiro atoms. The Bertz CT molecular complexity index is 384. The monoisotopic (exact) mass is 268 g/mol. The highest BCUT2D eigenvalue weighted by molar-refractivity contribution is 5.54. The van der Waals surface area contributed by atoms with Crippen molar-refractivity contribution >= 4 is 5.69 Å². The van der Waals surface area contributed by atoms with Crippen LogP contribution >= 0.6 is 0 Å². The van der Waals surface area contributed by atoms with Gasteiger partial charge in [-0.25, -0.2) is 4.39 Å². The Balaban J connectivity index is 2.82. The second kappa shape index (κ2) is 8.12. The molecule has 0 heterocycles. The third-order valence-corrected chi connectivity index (χ3v) is 3.51. The molecule has 0 amide bonds. The summed E-state index contributed by atoms with van der Waals surface area (Å²) in [4.78, 5) is 2.14. The van der Waals surface area contributed by atoms with E-state index in [1.54, 1.807) is 13.2 Å². The van der Waals surface area contributed by atoms with E-state index in [-0.39, 0.29) is 5.82 Å². The summed E-state index contributed by atoms with van der Waals surface area (Å²) in [6.45, 7) is 6.15. The van der Waals surface area contributed by atoms with Crippen LogP contribution in [-0.2, 0) is 11.3 Å². The molecule has 0 aliphatic rings. The maximum atomic E-state index is 14.0. The molecule has 1 N–H and O–H groups in total. The van der Waals surface area contributed by atoms with Crippen LogP contribution in [0.2, 0.25) is 0 Å². The number of nitrogens with one attached hydrogen (secondary N) is 1. The second-order valence-corrected chi connectivity index (χ2v) is 4.78. The maximum absolute atomic E-state index is 14.0. The SMILES string of the molecule is CCC(C)N(C)c1cccc(F)c1CNCCOC. The highest BCUT2D eigenvalue weighted by Gasteiger charge is 2.14. The van der Waals surface area contributed by atoms with Gasteiger partial charge < -0.3 is 15.0 Å². The molecule has 1 rings (SSSR count). The van der Waals surface area contributed by atoms with Gasteiger partial charge in [0.05, 0.1) is 6.61 Å². The van der Waals surface area contributed by atoms with Crippen LogP contribution in [0.3, 0.4) is 0 Å². The van der Waals surface area contributed by atoms with Crippen LogP contribution in [0.25, 0.3) is 0 Å². The van der Waals surface area contributed by atoms with Crippen molar-refractivity contribution in [3.05, 3.63) is 29.6 Å². The Hall–Kier alpha value is -1.13. The van der Waals surface area contributed by atoms with E-state index < -0.39 is 0 Å². The average molecular weight is 268 g/mol. The van der Waals surface area contributed by atoms with E-state index in [0.717, 1.165) is 24.2 Å². The van der Waals surface area contributed by atoms with Gasteiger partial charge in [0, 0.05) is 44.5 Å². The summed E-state index contributed by atoms with van der Waals surface area (Å²) < 4.78 is 19.0. The number of halogens is 1. The van der Waals surface area contributed by atoms with Crippen LogP contribution < -0.4 is 10.2 Å². The third-order valence-electron chi connectivity index (χ3n) is 3.51. The molecule has 4 heteroatoms. The lowest BCUT2D eigenvalue weighted by molar-refractivity contribution is 0.199. The first-order chi connectivity index (χ1) is 9.11. The molecular weight excluding hydrogens is 243 g/mol. The number of hydrogen-bond acceptors (Lipinski definition) is 3. The highest BCUT2D eigenvalue weighted by atomic mass is 19.1. The number of methoxy groups -OCH3 is 1. The molecule has 1 aromatic carbocycles. The fourth-order valence-corrected chi connectivity index (χ4v) is 1.95. The van der Waals surface area contributed by atoms with Crippen LogP contribution in [-0.4, -0.2) is 33.4 Å². The average Bonchev–Trinajstić information content (AvgIpc) is 2.43. The zero-order valence-electron chi connectivity index (χ0n) is 12.4. The number of ether oxygens (including phenoxy) is 1. The fourth-order valence-electron chi connectivity index (χ4n) is 1.95. The van der Waals surface area contributed by atoms with E-state index in [1.165, 1.54) is 6.07 Å². The Morgan fingerprint density at radius 2 is 2.16 bits per heavy atom. The Morgan fingerprint density at radius 3 is 2.79 bits per heavy atom. The molecule has 0 saturated heterocycles. The summed E-state index contributed by atoms with van der Waals surface area (Å²) in [5.74, 6) is -0.155. The second-order valence-electron chi connectivity index (χ2n) is 4.78. The van der Waals surface area contributed by atoms with Crippen molar-refractivity contribution in [2.24, 2.45) is 0 Å². The van der Waals surface area contributed by atoms with Gasteiger partial charge in [0.1, 0.15) is 5.82 Å². The minimum absolute atomic E-state index is 0.155. The quantitative estimate of drug-likeness (QED) is 0.734. The molecule has 0 radical (unpaired) electrons. The molecule has 1 atom stereocenters. The molecule has 0 saturated carbocycles. The van der Waals surface area contributed by atoms with Crippen molar-refractivity contribution in [1.29, 1.82) is 0 Å². The van der Waals surface area contributed by atoms with Crippen LogP contribution in [0.4, 0.5) is 10.1 Å². The number of anilines is 1. The Labute approximate surface area is 115 Å². The van der Waals surface area contributed by atoms with Gasteiger partial charge in [-0.3, -0.25) is 0 Å². The zero-order valence-corrected chi connectivity index (χ0v) is 12.4. The van der Waals surface area contributed by atoms with Gasteiger partial charge >= 0.3 is 0 Å². The van der Waals surface area contributed by atoms with E-state index in [1.807, 2.05) is 13.1 Å². The first-order valence-corrected chi connectivity index (χ1v) is 6.81. The van der Waals surface area contributed by atoms with Gasteiger partial charge in [0.2, 0.25) is 0 Å². The summed E-state index contributed by atoms with van der Waals surface area (Å²) in [6.07, 6.45) is 1.03. The van der Waals surface area contributed by atoms with Crippen molar-refractivity contribution in [3.8, 4) is 0 Å². The Morgan fingerprint density at radius 1 is 1.42 bits per heavy atom. The lowest BCUT2D eigenvalue weighted by atomic mass is 10.1. The van der Waals surface area contributed by atoms with E-state index >= 15 is 0 Å². The molecule has 0 aliphatic carbocycles. The lowest BCUT2D eigenvalue weighted by Gasteiger charge is -2.28. The molecule has 0 bridgehead atoms. The summed E-state index contributed by atoms with van der Waals surface area (Å²) >= 11 is 0. The summed E-state index contributed by atoms with van der Waals surface area (Å²) in [6, 6.07) is 5.64. The van der Waals surface area contributed by atoms with Crippen LogP contribution in [0.1, 0.15) is 25.8 Å². The number of benzene rings is 1. The van der Waals surface area contributed by atoms with Gasteiger partial charge in [-0.1, -0.05) is 13.0 Å². The van der Waals surface area contributed by atoms with E-state index in [9.17, 15) is 4.39 Å². The summed E-state index contributed by atoms with van der Waals surface area (Å²) in [7, 11) is 3.68. The normalized spacial score (nSPS) is 12.5. The molecule has 108 valence electrons. The lowest BCUT2D eigenvalue weighted by Crippen LogP contribution is -2.30. The standard InChI is InChI=1S/C15H25FN2O/c1-5-12(2)18(3)15-8-6-7-14(16)13(15)11-17-9-10-19-4/h6-8,12,17H,5,9-11H2,1-4H3. The zero-order chi connectivity index (χ0) is 14.3. The maximum Gasteiger partial charge on any atom is 0.129 e. The van der Waals surface area contributed by atoms with Crippen molar-refractivity contribution < 1.29 is 9.13 Å². The molecule has 19 heavy (non-hydrogen) atoms. The van der Waals surface area contributed by atoms with Crippen molar-refractivity contribution in [2.45, 2.75) is 32.9 Å². The van der Waals surface area contributed by atoms with Gasteiger partial charge in [-0.15, -0.1) is 0 Å². The van der Waals surface area contributed by atoms with Crippen molar-refractivity contribution in [2.75, 3.05) is 32.2 Å².